The molecule has 8 nitrogen and oxygen atoms in total. The summed E-state index contributed by atoms with van der Waals surface area (Å²) in [6.45, 7) is 3.81. The number of hydrogen-bond acceptors (Lipinski definition) is 5. The van der Waals surface area contributed by atoms with E-state index in [0.29, 0.717) is 25.3 Å². The van der Waals surface area contributed by atoms with E-state index in [9.17, 15) is 9.59 Å². The molecule has 0 N–H and O–H groups in total. The number of ether oxygens (including phenoxy) is 1. The predicted octanol–water partition coefficient (Wildman–Crippen LogP) is 1.40. The Hall–Kier alpha value is -2.64. The quantitative estimate of drug-likeness (QED) is 0.782. The fourth-order valence-corrected chi connectivity index (χ4v) is 3.11. The molecule has 0 bridgehead atoms. The van der Waals surface area contributed by atoms with Crippen LogP contribution in [0.4, 0.5) is 0 Å². The van der Waals surface area contributed by atoms with Crippen molar-refractivity contribution in [3.05, 3.63) is 34.9 Å². The molecule has 0 aromatic carbocycles. The molecule has 0 aliphatic carbocycles. The highest BCUT2D eigenvalue weighted by Gasteiger charge is 2.25. The smallest absolute Gasteiger partial charge is 0.358 e. The molecular formula is C17H23N5O3. The molecule has 0 fully saturated rings. The Morgan fingerprint density at radius 2 is 2.04 bits per heavy atom. The van der Waals surface area contributed by atoms with Gasteiger partial charge in [-0.2, -0.15) is 10.2 Å². The van der Waals surface area contributed by atoms with Gasteiger partial charge < -0.3 is 9.64 Å². The van der Waals surface area contributed by atoms with Gasteiger partial charge in [0.25, 0.3) is 5.91 Å². The topological polar surface area (TPSA) is 82.3 Å². The monoisotopic (exact) mass is 345 g/mol. The lowest BCUT2D eigenvalue weighted by molar-refractivity contribution is 0.0593. The number of hydrogen-bond donors (Lipinski definition) is 0. The maximum absolute atomic E-state index is 12.9. The van der Waals surface area contributed by atoms with Crippen molar-refractivity contribution in [2.75, 3.05) is 13.7 Å². The summed E-state index contributed by atoms with van der Waals surface area (Å²) in [6.07, 6.45) is 2.63. The van der Waals surface area contributed by atoms with E-state index in [1.54, 1.807) is 27.4 Å². The highest BCUT2D eigenvalue weighted by molar-refractivity contribution is 5.92. The number of aryl methyl sites for hydroxylation is 3. The lowest BCUT2D eigenvalue weighted by Gasteiger charge is -2.19. The van der Waals surface area contributed by atoms with Crippen LogP contribution in [0.1, 0.15) is 52.1 Å². The molecule has 8 heteroatoms. The summed E-state index contributed by atoms with van der Waals surface area (Å²) in [4.78, 5) is 26.4. The molecule has 25 heavy (non-hydrogen) atoms. The van der Waals surface area contributed by atoms with E-state index in [1.807, 2.05) is 6.07 Å². The summed E-state index contributed by atoms with van der Waals surface area (Å²) in [6, 6.07) is 3.57. The molecule has 1 amide bonds. The normalized spacial score (nSPS) is 14.1. The van der Waals surface area contributed by atoms with Gasteiger partial charge in [-0.25, -0.2) is 4.79 Å². The zero-order valence-electron chi connectivity index (χ0n) is 14.9. The Kier molecular flexibility index (Phi) is 4.87. The number of aromatic nitrogens is 4. The highest BCUT2D eigenvalue weighted by Crippen LogP contribution is 2.17. The molecule has 0 saturated carbocycles. The van der Waals surface area contributed by atoms with Gasteiger partial charge in [0.1, 0.15) is 5.69 Å². The number of fused-ring (bicyclic) bond motifs is 1. The molecule has 2 aromatic heterocycles. The number of methoxy groups -OCH3 is 1. The molecule has 3 heterocycles. The van der Waals surface area contributed by atoms with Crippen LogP contribution in [-0.4, -0.2) is 50.0 Å². The van der Waals surface area contributed by atoms with E-state index in [1.165, 1.54) is 7.11 Å². The molecule has 0 unspecified atom stereocenters. The number of carbonyl (C=O) groups is 2. The Labute approximate surface area is 146 Å². The van der Waals surface area contributed by atoms with E-state index in [-0.39, 0.29) is 11.6 Å². The van der Waals surface area contributed by atoms with E-state index in [0.717, 1.165) is 30.7 Å². The third-order valence-corrected chi connectivity index (χ3v) is 4.35. The molecule has 1 aliphatic heterocycles. The Morgan fingerprint density at radius 3 is 2.76 bits per heavy atom. The third kappa shape index (κ3) is 3.42. The average molecular weight is 345 g/mol. The van der Waals surface area contributed by atoms with Crippen molar-refractivity contribution in [2.45, 2.75) is 39.3 Å². The first-order valence-electron chi connectivity index (χ1n) is 8.50. The number of rotatable bonds is 4. The fraction of sp³-hybridized carbons (Fsp3) is 0.529. The van der Waals surface area contributed by atoms with Gasteiger partial charge in [0.05, 0.1) is 25.0 Å². The SMILES string of the molecule is CCCc1cc(C(=O)N2CCCn3nc(C(=O)OC)cc3C2)n(C)n1. The van der Waals surface area contributed by atoms with Gasteiger partial charge in [-0.15, -0.1) is 0 Å². The predicted molar refractivity (Wildman–Crippen MR) is 90.1 cm³/mol. The van der Waals surface area contributed by atoms with Crippen molar-refractivity contribution in [1.29, 1.82) is 0 Å². The van der Waals surface area contributed by atoms with Crippen LogP contribution in [0.25, 0.3) is 0 Å². The average Bonchev–Trinajstić information content (AvgIpc) is 3.10. The summed E-state index contributed by atoms with van der Waals surface area (Å²) < 4.78 is 8.15. The zero-order chi connectivity index (χ0) is 18.0. The van der Waals surface area contributed by atoms with Crippen LogP contribution in [0.2, 0.25) is 0 Å². The van der Waals surface area contributed by atoms with Crippen LogP contribution in [0.5, 0.6) is 0 Å². The number of esters is 1. The molecule has 2 aromatic rings. The summed E-state index contributed by atoms with van der Waals surface area (Å²) in [5, 5.41) is 8.69. The number of carbonyl (C=O) groups excluding carboxylic acids is 2. The summed E-state index contributed by atoms with van der Waals surface area (Å²) in [5.41, 5.74) is 2.63. The maximum atomic E-state index is 12.9. The third-order valence-electron chi connectivity index (χ3n) is 4.35. The Bertz CT molecular complexity index is 792. The maximum Gasteiger partial charge on any atom is 0.358 e. The fourth-order valence-electron chi connectivity index (χ4n) is 3.11. The van der Waals surface area contributed by atoms with Gasteiger partial charge in [0.15, 0.2) is 5.69 Å². The molecule has 3 rings (SSSR count). The van der Waals surface area contributed by atoms with Gasteiger partial charge in [-0.3, -0.25) is 14.2 Å². The first-order chi connectivity index (χ1) is 12.0. The van der Waals surface area contributed by atoms with Crippen molar-refractivity contribution >= 4 is 11.9 Å². The van der Waals surface area contributed by atoms with Crippen LogP contribution in [0, 0.1) is 0 Å². The lowest BCUT2D eigenvalue weighted by Crippen LogP contribution is -2.32. The van der Waals surface area contributed by atoms with Crippen LogP contribution >= 0.6 is 0 Å². The highest BCUT2D eigenvalue weighted by atomic mass is 16.5. The first-order valence-corrected chi connectivity index (χ1v) is 8.50. The molecule has 134 valence electrons. The van der Waals surface area contributed by atoms with Crippen LogP contribution in [0.15, 0.2) is 12.1 Å². The van der Waals surface area contributed by atoms with Gasteiger partial charge >= 0.3 is 5.97 Å². The molecular weight excluding hydrogens is 322 g/mol. The number of amides is 1. The number of nitrogens with zero attached hydrogens (tertiary/aromatic N) is 5. The summed E-state index contributed by atoms with van der Waals surface area (Å²) in [5.74, 6) is -0.513. The zero-order valence-corrected chi connectivity index (χ0v) is 14.9. The van der Waals surface area contributed by atoms with Gasteiger partial charge in [0, 0.05) is 20.1 Å². The summed E-state index contributed by atoms with van der Waals surface area (Å²) >= 11 is 0. The Morgan fingerprint density at radius 1 is 1.24 bits per heavy atom. The molecule has 0 spiro atoms. The van der Waals surface area contributed by atoms with Crippen molar-refractivity contribution in [2.24, 2.45) is 7.05 Å². The van der Waals surface area contributed by atoms with Crippen LogP contribution in [0.3, 0.4) is 0 Å². The van der Waals surface area contributed by atoms with Gasteiger partial charge in [-0.1, -0.05) is 13.3 Å². The van der Waals surface area contributed by atoms with Crippen LogP contribution < -0.4 is 0 Å². The molecule has 0 saturated heterocycles. The van der Waals surface area contributed by atoms with E-state index in [4.69, 9.17) is 4.74 Å². The van der Waals surface area contributed by atoms with Crippen molar-refractivity contribution in [3.63, 3.8) is 0 Å². The summed E-state index contributed by atoms with van der Waals surface area (Å²) in [7, 11) is 3.13. The molecule has 0 radical (unpaired) electrons. The Balaban J connectivity index is 1.82. The minimum absolute atomic E-state index is 0.0494. The van der Waals surface area contributed by atoms with Gasteiger partial charge in [-0.05, 0) is 25.0 Å². The molecule has 0 atom stereocenters. The van der Waals surface area contributed by atoms with Crippen LogP contribution in [-0.2, 0) is 31.3 Å². The van der Waals surface area contributed by atoms with Crippen molar-refractivity contribution in [3.8, 4) is 0 Å². The van der Waals surface area contributed by atoms with E-state index >= 15 is 0 Å². The van der Waals surface area contributed by atoms with E-state index < -0.39 is 5.97 Å². The largest absolute Gasteiger partial charge is 0.464 e. The molecule has 1 aliphatic rings. The second-order valence-electron chi connectivity index (χ2n) is 6.21. The standard InChI is InChI=1S/C17H23N5O3/c1-4-6-12-9-15(20(2)18-12)16(23)21-7-5-8-22-13(11-21)10-14(19-22)17(24)25-3/h9-10H,4-8,11H2,1-3H3. The van der Waals surface area contributed by atoms with Crippen molar-refractivity contribution < 1.29 is 14.3 Å². The van der Waals surface area contributed by atoms with Gasteiger partial charge in [0.2, 0.25) is 0 Å². The second-order valence-corrected chi connectivity index (χ2v) is 6.21. The lowest BCUT2D eigenvalue weighted by atomic mass is 10.2. The van der Waals surface area contributed by atoms with Crippen molar-refractivity contribution in [1.82, 2.24) is 24.5 Å². The minimum atomic E-state index is -0.464. The first kappa shape index (κ1) is 17.2. The minimum Gasteiger partial charge on any atom is -0.464 e. The van der Waals surface area contributed by atoms with E-state index in [2.05, 4.69) is 17.1 Å². The second kappa shape index (κ2) is 7.08.